The van der Waals surface area contributed by atoms with E-state index < -0.39 is 5.82 Å². The Morgan fingerprint density at radius 3 is 2.41 bits per heavy atom. The molecule has 9 heteroatoms. The quantitative estimate of drug-likeness (QED) is 0.643. The van der Waals surface area contributed by atoms with Gasteiger partial charge < -0.3 is 25.0 Å². The molecule has 2 heterocycles. The lowest BCUT2D eigenvalue weighted by atomic mass is 9.86. The number of nitrogen functional groups attached to an aromatic ring is 1. The van der Waals surface area contributed by atoms with Crippen LogP contribution in [0.4, 0.5) is 16.2 Å². The van der Waals surface area contributed by atoms with Crippen molar-refractivity contribution in [2.24, 2.45) is 5.92 Å². The number of ether oxygens (including phenoxy) is 2. The van der Waals surface area contributed by atoms with E-state index in [4.69, 9.17) is 15.2 Å². The Balaban J connectivity index is 0.00000158. The average molecular weight is 472 g/mol. The van der Waals surface area contributed by atoms with Crippen LogP contribution in [0.2, 0.25) is 0 Å². The number of nitrogens with zero attached hydrogens (tertiary/aromatic N) is 4. The summed E-state index contributed by atoms with van der Waals surface area (Å²) in [7, 11) is 2.81. The van der Waals surface area contributed by atoms with Gasteiger partial charge in [0.05, 0.1) is 14.2 Å². The average Bonchev–Trinajstić information content (AvgIpc) is 2.89. The molecule has 0 bridgehead atoms. The number of halogens is 1. The molecule has 2 aromatic rings. The molecule has 4 rings (SSSR count). The number of nitrogens with two attached hydrogens (primary N) is 1. The Bertz CT molecular complexity index is 1010. The fraction of sp³-hybridized carbons (Fsp3) is 0.560. The van der Waals surface area contributed by atoms with Gasteiger partial charge in [0.15, 0.2) is 17.3 Å². The van der Waals surface area contributed by atoms with E-state index in [1.165, 1.54) is 46.3 Å². The third-order valence-corrected chi connectivity index (χ3v) is 6.70. The Morgan fingerprint density at radius 1 is 1.12 bits per heavy atom. The van der Waals surface area contributed by atoms with E-state index in [1.807, 2.05) is 9.80 Å². The van der Waals surface area contributed by atoms with E-state index in [9.17, 15) is 4.79 Å². The van der Waals surface area contributed by atoms with Crippen molar-refractivity contribution in [2.45, 2.75) is 44.9 Å². The number of carbonyl (C=O) groups is 1. The minimum Gasteiger partial charge on any atom is -0.493 e. The molecule has 34 heavy (non-hydrogen) atoms. The molecule has 2 fully saturated rings. The van der Waals surface area contributed by atoms with Crippen LogP contribution in [0.5, 0.6) is 11.5 Å². The lowest BCUT2D eigenvalue weighted by Gasteiger charge is -2.35. The summed E-state index contributed by atoms with van der Waals surface area (Å²) in [6.45, 7) is 2.35. The Morgan fingerprint density at radius 2 is 1.79 bits per heavy atom. The van der Waals surface area contributed by atoms with Crippen LogP contribution in [0, 0.1) is 24.6 Å². The van der Waals surface area contributed by atoms with Gasteiger partial charge in [-0.3, -0.25) is 4.79 Å². The molecule has 0 radical (unpaired) electrons. The number of benzene rings is 1. The second-order valence-corrected chi connectivity index (χ2v) is 8.64. The highest BCUT2D eigenvalue weighted by molar-refractivity contribution is 5.92. The molecule has 1 aromatic carbocycles. The van der Waals surface area contributed by atoms with Crippen molar-refractivity contribution in [2.75, 3.05) is 51.0 Å². The van der Waals surface area contributed by atoms with Crippen LogP contribution in [-0.4, -0.2) is 61.2 Å². The number of aromatic nitrogens is 2. The SMILES string of the molecule is C#C.COc1cc2c(N)nc(N3CCN(C(=O)CCC4CCCCC4)CC3)nc2c(F)c1OC. The van der Waals surface area contributed by atoms with E-state index in [0.717, 1.165) is 6.42 Å². The van der Waals surface area contributed by atoms with Crippen LogP contribution in [0.25, 0.3) is 10.9 Å². The zero-order chi connectivity index (χ0) is 24.7. The molecule has 2 aliphatic rings. The van der Waals surface area contributed by atoms with Crippen molar-refractivity contribution < 1.29 is 18.7 Å². The number of rotatable bonds is 6. The number of amides is 1. The lowest BCUT2D eigenvalue weighted by Crippen LogP contribution is -2.49. The summed E-state index contributed by atoms with van der Waals surface area (Å²) >= 11 is 0. The minimum absolute atomic E-state index is 0.0163. The fourth-order valence-corrected chi connectivity index (χ4v) is 4.80. The predicted octanol–water partition coefficient (Wildman–Crippen LogP) is 3.63. The molecular weight excluding hydrogens is 437 g/mol. The highest BCUT2D eigenvalue weighted by Gasteiger charge is 2.26. The maximum absolute atomic E-state index is 15.0. The topological polar surface area (TPSA) is 93.8 Å². The van der Waals surface area contributed by atoms with E-state index in [0.29, 0.717) is 49.9 Å². The van der Waals surface area contributed by atoms with Gasteiger partial charge in [-0.15, -0.1) is 12.8 Å². The summed E-state index contributed by atoms with van der Waals surface area (Å²) in [5, 5.41) is 0.375. The van der Waals surface area contributed by atoms with Gasteiger partial charge in [0, 0.05) is 38.0 Å². The van der Waals surface area contributed by atoms with E-state index in [-0.39, 0.29) is 28.7 Å². The van der Waals surface area contributed by atoms with Crippen molar-refractivity contribution in [1.82, 2.24) is 14.9 Å². The monoisotopic (exact) mass is 471 g/mol. The summed E-state index contributed by atoms with van der Waals surface area (Å²) in [5.41, 5.74) is 6.22. The van der Waals surface area contributed by atoms with Crippen LogP contribution >= 0.6 is 0 Å². The van der Waals surface area contributed by atoms with Crippen molar-refractivity contribution in [3.63, 3.8) is 0 Å². The molecule has 0 atom stereocenters. The minimum atomic E-state index is -0.631. The normalized spacial score (nSPS) is 16.6. The first kappa shape index (κ1) is 25.3. The second kappa shape index (κ2) is 11.7. The second-order valence-electron chi connectivity index (χ2n) is 8.64. The smallest absolute Gasteiger partial charge is 0.228 e. The van der Waals surface area contributed by atoms with Crippen LogP contribution in [0.15, 0.2) is 6.07 Å². The van der Waals surface area contributed by atoms with Crippen molar-refractivity contribution >= 4 is 28.6 Å². The number of methoxy groups -OCH3 is 2. The van der Waals surface area contributed by atoms with Crippen LogP contribution in [0.1, 0.15) is 44.9 Å². The van der Waals surface area contributed by atoms with Gasteiger partial charge in [-0.1, -0.05) is 32.1 Å². The lowest BCUT2D eigenvalue weighted by molar-refractivity contribution is -0.131. The number of hydrogen-bond donors (Lipinski definition) is 1. The first-order chi connectivity index (χ1) is 16.5. The standard InChI is InChI=1S/C23H32FN5O3.C2H2/c1-31-17-14-16-20(19(24)21(17)32-2)26-23(27-22(16)25)29-12-10-28(11-13-29)18(30)9-8-15-6-4-3-5-7-15;1-2/h14-15H,3-13H2,1-2H3,(H2,25,26,27);1-2H. The first-order valence-corrected chi connectivity index (χ1v) is 11.8. The summed E-state index contributed by atoms with van der Waals surface area (Å²) in [6.07, 6.45) is 16.1. The largest absolute Gasteiger partial charge is 0.493 e. The van der Waals surface area contributed by atoms with Crippen molar-refractivity contribution in [3.8, 4) is 24.3 Å². The maximum Gasteiger partial charge on any atom is 0.228 e. The molecule has 0 spiro atoms. The molecule has 8 nitrogen and oxygen atoms in total. The van der Waals surface area contributed by atoms with E-state index in [1.54, 1.807) is 6.07 Å². The predicted molar refractivity (Wildman–Crippen MR) is 132 cm³/mol. The van der Waals surface area contributed by atoms with Gasteiger partial charge in [-0.25, -0.2) is 9.37 Å². The summed E-state index contributed by atoms with van der Waals surface area (Å²) in [4.78, 5) is 25.3. The number of hydrogen-bond acceptors (Lipinski definition) is 7. The molecule has 1 aliphatic carbocycles. The van der Waals surface area contributed by atoms with E-state index in [2.05, 4.69) is 22.8 Å². The summed E-state index contributed by atoms with van der Waals surface area (Å²) in [6, 6.07) is 1.58. The third-order valence-electron chi connectivity index (χ3n) is 6.70. The van der Waals surface area contributed by atoms with Gasteiger partial charge >= 0.3 is 0 Å². The number of terminal acetylenes is 1. The Kier molecular flexibility index (Phi) is 8.74. The van der Waals surface area contributed by atoms with Crippen LogP contribution in [0.3, 0.4) is 0 Å². The molecule has 1 aliphatic heterocycles. The van der Waals surface area contributed by atoms with Gasteiger partial charge in [0.25, 0.3) is 0 Å². The van der Waals surface area contributed by atoms with Crippen molar-refractivity contribution in [1.29, 1.82) is 0 Å². The zero-order valence-electron chi connectivity index (χ0n) is 20.1. The van der Waals surface area contributed by atoms with Crippen molar-refractivity contribution in [3.05, 3.63) is 11.9 Å². The Labute approximate surface area is 200 Å². The van der Waals surface area contributed by atoms with E-state index >= 15 is 4.39 Å². The van der Waals surface area contributed by atoms with Crippen LogP contribution < -0.4 is 20.1 Å². The highest BCUT2D eigenvalue weighted by atomic mass is 19.1. The number of piperazine rings is 1. The van der Waals surface area contributed by atoms with Gasteiger partial charge in [0.2, 0.25) is 11.9 Å². The third kappa shape index (κ3) is 5.44. The number of anilines is 2. The molecule has 1 aromatic heterocycles. The molecule has 1 saturated heterocycles. The van der Waals surface area contributed by atoms with Gasteiger partial charge in [-0.2, -0.15) is 4.98 Å². The maximum atomic E-state index is 15.0. The molecule has 2 N–H and O–H groups in total. The number of fused-ring (bicyclic) bond motifs is 1. The zero-order valence-corrected chi connectivity index (χ0v) is 20.1. The van der Waals surface area contributed by atoms with Gasteiger partial charge in [0.1, 0.15) is 11.3 Å². The first-order valence-electron chi connectivity index (χ1n) is 11.8. The summed E-state index contributed by atoms with van der Waals surface area (Å²) in [5.74, 6) is 1.05. The van der Waals surface area contributed by atoms with Gasteiger partial charge in [-0.05, 0) is 18.4 Å². The fourth-order valence-electron chi connectivity index (χ4n) is 4.80. The molecule has 0 unspecified atom stereocenters. The molecule has 1 amide bonds. The molecular formula is C25H34FN5O3. The molecule has 184 valence electrons. The number of carbonyl (C=O) groups excluding carboxylic acids is 1. The Hall–Kier alpha value is -3.28. The highest BCUT2D eigenvalue weighted by Crippen LogP contribution is 2.37. The van der Waals surface area contributed by atoms with Crippen LogP contribution in [-0.2, 0) is 4.79 Å². The summed E-state index contributed by atoms with van der Waals surface area (Å²) < 4.78 is 25.4. The molecule has 1 saturated carbocycles.